The fourth-order valence-electron chi connectivity index (χ4n) is 1.92. The lowest BCUT2D eigenvalue weighted by Crippen LogP contribution is -2.19. The van der Waals surface area contributed by atoms with Gasteiger partial charge in [0.25, 0.3) is 5.78 Å². The first-order valence-corrected chi connectivity index (χ1v) is 6.59. The molecule has 0 bridgehead atoms. The number of aromatic nitrogens is 5. The van der Waals surface area contributed by atoms with E-state index in [-0.39, 0.29) is 5.82 Å². The Morgan fingerprint density at radius 2 is 2.18 bits per heavy atom. The van der Waals surface area contributed by atoms with Crippen LogP contribution < -0.4 is 5.43 Å². The van der Waals surface area contributed by atoms with Crippen LogP contribution in [0.15, 0.2) is 35.6 Å². The first-order chi connectivity index (χ1) is 10.6. The molecule has 0 aromatic carbocycles. The molecule has 0 radical (unpaired) electrons. The van der Waals surface area contributed by atoms with Crippen LogP contribution in [0.3, 0.4) is 0 Å². The minimum Gasteiger partial charge on any atom is -0.264 e. The second kappa shape index (κ2) is 5.68. The second-order valence-corrected chi connectivity index (χ2v) is 4.64. The summed E-state index contributed by atoms with van der Waals surface area (Å²) in [7, 11) is 0. The number of hydrogen-bond donors (Lipinski definition) is 1. The van der Waals surface area contributed by atoms with Crippen molar-refractivity contribution < 1.29 is 4.79 Å². The maximum atomic E-state index is 12.0. The van der Waals surface area contributed by atoms with Gasteiger partial charge in [-0.1, -0.05) is 6.07 Å². The highest BCUT2D eigenvalue weighted by Crippen LogP contribution is 2.05. The maximum Gasteiger partial charge on any atom is 0.311 e. The van der Waals surface area contributed by atoms with Crippen molar-refractivity contribution in [2.45, 2.75) is 13.8 Å². The van der Waals surface area contributed by atoms with Gasteiger partial charge < -0.3 is 0 Å². The highest BCUT2D eigenvalue weighted by molar-refractivity contribution is 5.91. The third kappa shape index (κ3) is 2.80. The van der Waals surface area contributed by atoms with Crippen LogP contribution in [0.1, 0.15) is 27.7 Å². The second-order valence-electron chi connectivity index (χ2n) is 4.64. The standard InChI is InChI=1S/C14H13N7O/c1-9-7-10(2)21-14(17-9)18-12(20-21)13(22)19-16-8-11-5-3-4-6-15-11/h3-8H,1-2H3,(H,19,22)/b16-8+. The van der Waals surface area contributed by atoms with Crippen LogP contribution in [0, 0.1) is 13.8 Å². The number of rotatable bonds is 3. The number of fused-ring (bicyclic) bond motifs is 1. The van der Waals surface area contributed by atoms with Gasteiger partial charge in [0.2, 0.25) is 5.82 Å². The maximum absolute atomic E-state index is 12.0. The van der Waals surface area contributed by atoms with Crippen molar-refractivity contribution in [3.8, 4) is 0 Å². The van der Waals surface area contributed by atoms with Crippen molar-refractivity contribution in [2.24, 2.45) is 5.10 Å². The first-order valence-electron chi connectivity index (χ1n) is 6.59. The molecule has 22 heavy (non-hydrogen) atoms. The number of carbonyl (C=O) groups excluding carboxylic acids is 1. The summed E-state index contributed by atoms with van der Waals surface area (Å²) in [4.78, 5) is 24.4. The fraction of sp³-hybridized carbons (Fsp3) is 0.143. The number of hydrazone groups is 1. The van der Waals surface area contributed by atoms with Crippen LogP contribution in [-0.2, 0) is 0 Å². The molecular weight excluding hydrogens is 282 g/mol. The van der Waals surface area contributed by atoms with E-state index in [0.717, 1.165) is 11.4 Å². The van der Waals surface area contributed by atoms with E-state index in [1.165, 1.54) is 10.7 Å². The first kappa shape index (κ1) is 13.8. The Labute approximate surface area is 125 Å². The normalized spacial score (nSPS) is 11.2. The number of hydrogen-bond acceptors (Lipinski definition) is 6. The lowest BCUT2D eigenvalue weighted by Gasteiger charge is -1.97. The molecule has 1 amide bonds. The number of nitrogens with zero attached hydrogens (tertiary/aromatic N) is 6. The van der Waals surface area contributed by atoms with Crippen molar-refractivity contribution >= 4 is 17.9 Å². The Hall–Kier alpha value is -3.16. The molecule has 3 aromatic rings. The molecule has 0 aliphatic carbocycles. The molecule has 0 unspecified atom stereocenters. The van der Waals surface area contributed by atoms with Gasteiger partial charge in [-0.25, -0.2) is 14.9 Å². The number of pyridine rings is 1. The predicted octanol–water partition coefficient (Wildman–Crippen LogP) is 0.900. The SMILES string of the molecule is Cc1cc(C)n2nc(C(=O)N/N=C/c3ccccn3)nc2n1. The molecule has 0 spiro atoms. The summed E-state index contributed by atoms with van der Waals surface area (Å²) in [6.07, 6.45) is 3.09. The zero-order chi connectivity index (χ0) is 15.5. The van der Waals surface area contributed by atoms with Crippen molar-refractivity contribution in [1.29, 1.82) is 0 Å². The molecule has 110 valence electrons. The zero-order valence-electron chi connectivity index (χ0n) is 12.1. The van der Waals surface area contributed by atoms with Gasteiger partial charge in [-0.2, -0.15) is 10.1 Å². The molecule has 3 aromatic heterocycles. The molecule has 0 aliphatic heterocycles. The minimum atomic E-state index is -0.505. The molecule has 1 N–H and O–H groups in total. The van der Waals surface area contributed by atoms with Crippen LogP contribution in [0.4, 0.5) is 0 Å². The average Bonchev–Trinajstić information content (AvgIpc) is 2.92. The van der Waals surface area contributed by atoms with Gasteiger partial charge in [-0.3, -0.25) is 9.78 Å². The Morgan fingerprint density at radius 1 is 1.32 bits per heavy atom. The van der Waals surface area contributed by atoms with Crippen LogP contribution in [0.5, 0.6) is 0 Å². The highest BCUT2D eigenvalue weighted by atomic mass is 16.2. The Balaban J connectivity index is 1.78. The lowest BCUT2D eigenvalue weighted by molar-refractivity contribution is 0.0945. The monoisotopic (exact) mass is 295 g/mol. The summed E-state index contributed by atoms with van der Waals surface area (Å²) in [6.45, 7) is 3.73. The zero-order valence-corrected chi connectivity index (χ0v) is 12.1. The van der Waals surface area contributed by atoms with E-state index in [4.69, 9.17) is 0 Å². The third-order valence-electron chi connectivity index (χ3n) is 2.87. The molecule has 0 fully saturated rings. The molecule has 8 nitrogen and oxygen atoms in total. The summed E-state index contributed by atoms with van der Waals surface area (Å²) in [5.74, 6) is -0.106. The molecule has 8 heteroatoms. The van der Waals surface area contributed by atoms with Gasteiger partial charge in [0.1, 0.15) is 0 Å². The summed E-state index contributed by atoms with van der Waals surface area (Å²) in [5.41, 5.74) is 4.67. The molecule has 0 atom stereocenters. The van der Waals surface area contributed by atoms with Crippen LogP contribution in [0.2, 0.25) is 0 Å². The lowest BCUT2D eigenvalue weighted by atomic mass is 10.4. The average molecular weight is 295 g/mol. The van der Waals surface area contributed by atoms with Gasteiger partial charge in [-0.05, 0) is 32.0 Å². The molecular formula is C14H13N7O. The quantitative estimate of drug-likeness (QED) is 0.572. The van der Waals surface area contributed by atoms with E-state index in [1.54, 1.807) is 18.3 Å². The predicted molar refractivity (Wildman–Crippen MR) is 79.6 cm³/mol. The topological polar surface area (TPSA) is 97.4 Å². The summed E-state index contributed by atoms with van der Waals surface area (Å²) in [5, 5.41) is 7.95. The fourth-order valence-corrected chi connectivity index (χ4v) is 1.92. The number of amides is 1. The van der Waals surface area contributed by atoms with Crippen molar-refractivity contribution in [2.75, 3.05) is 0 Å². The van der Waals surface area contributed by atoms with Gasteiger partial charge in [0.15, 0.2) is 0 Å². The van der Waals surface area contributed by atoms with E-state index in [9.17, 15) is 4.79 Å². The van der Waals surface area contributed by atoms with E-state index >= 15 is 0 Å². The Kier molecular flexibility index (Phi) is 3.57. The summed E-state index contributed by atoms with van der Waals surface area (Å²) >= 11 is 0. The smallest absolute Gasteiger partial charge is 0.264 e. The van der Waals surface area contributed by atoms with Gasteiger partial charge >= 0.3 is 5.91 Å². The molecule has 3 rings (SSSR count). The van der Waals surface area contributed by atoms with Gasteiger partial charge in [-0.15, -0.1) is 5.10 Å². The van der Waals surface area contributed by atoms with E-state index in [2.05, 4.69) is 30.6 Å². The van der Waals surface area contributed by atoms with Gasteiger partial charge in [0.05, 0.1) is 11.9 Å². The molecule has 0 saturated carbocycles. The van der Waals surface area contributed by atoms with Crippen LogP contribution in [-0.4, -0.2) is 36.7 Å². The van der Waals surface area contributed by atoms with E-state index in [1.807, 2.05) is 26.0 Å². The number of aryl methyl sites for hydroxylation is 2. The van der Waals surface area contributed by atoms with Gasteiger partial charge in [0, 0.05) is 17.6 Å². The third-order valence-corrected chi connectivity index (χ3v) is 2.87. The Morgan fingerprint density at radius 3 is 2.95 bits per heavy atom. The van der Waals surface area contributed by atoms with Crippen LogP contribution >= 0.6 is 0 Å². The van der Waals surface area contributed by atoms with E-state index in [0.29, 0.717) is 11.5 Å². The highest BCUT2D eigenvalue weighted by Gasteiger charge is 2.14. The molecule has 0 aliphatic rings. The van der Waals surface area contributed by atoms with Crippen molar-refractivity contribution in [3.63, 3.8) is 0 Å². The Bertz CT molecular complexity index is 854. The summed E-state index contributed by atoms with van der Waals surface area (Å²) < 4.78 is 1.52. The van der Waals surface area contributed by atoms with Crippen molar-refractivity contribution in [1.82, 2.24) is 30.0 Å². The van der Waals surface area contributed by atoms with E-state index < -0.39 is 5.91 Å². The largest absolute Gasteiger partial charge is 0.311 e. The summed E-state index contributed by atoms with van der Waals surface area (Å²) in [6, 6.07) is 7.27. The number of carbonyl (C=O) groups is 1. The molecule has 0 saturated heterocycles. The molecule has 3 heterocycles. The number of nitrogens with one attached hydrogen (secondary N) is 1. The van der Waals surface area contributed by atoms with Crippen LogP contribution in [0.25, 0.3) is 5.78 Å². The minimum absolute atomic E-state index is 0.0133. The van der Waals surface area contributed by atoms with Crippen molar-refractivity contribution in [3.05, 3.63) is 53.4 Å².